The van der Waals surface area contributed by atoms with Crippen LogP contribution in [0.2, 0.25) is 0 Å². The SMILES string of the molecule is COc1ccc(C#Cc2ccc(-c3nc(C(Cl)(Cl)Cl)nc(C(Cl)(Cl)Cl)n3)cc2)cc1. The number of halogens is 6. The summed E-state index contributed by atoms with van der Waals surface area (Å²) in [4.78, 5) is 12.3. The summed E-state index contributed by atoms with van der Waals surface area (Å²) in [6.07, 6.45) is 0. The molecule has 0 fully saturated rings. The number of benzene rings is 2. The van der Waals surface area contributed by atoms with Gasteiger partial charge in [0.2, 0.25) is 7.59 Å². The zero-order valence-corrected chi connectivity index (χ0v) is 19.7. The summed E-state index contributed by atoms with van der Waals surface area (Å²) < 4.78 is 1.31. The number of methoxy groups -OCH3 is 1. The van der Waals surface area contributed by atoms with Gasteiger partial charge >= 0.3 is 0 Å². The van der Waals surface area contributed by atoms with Crippen molar-refractivity contribution in [2.45, 2.75) is 7.59 Å². The smallest absolute Gasteiger partial charge is 0.250 e. The van der Waals surface area contributed by atoms with E-state index in [9.17, 15) is 0 Å². The number of rotatable bonds is 2. The summed E-state index contributed by atoms with van der Waals surface area (Å²) in [5.74, 6) is 6.82. The van der Waals surface area contributed by atoms with Crippen molar-refractivity contribution in [2.24, 2.45) is 0 Å². The van der Waals surface area contributed by atoms with Crippen LogP contribution in [0.1, 0.15) is 22.8 Å². The Labute approximate surface area is 203 Å². The molecule has 0 unspecified atom stereocenters. The minimum Gasteiger partial charge on any atom is -0.497 e. The molecular weight excluding hydrogens is 511 g/mol. The second-order valence-electron chi connectivity index (χ2n) is 5.86. The van der Waals surface area contributed by atoms with Crippen LogP contribution in [0, 0.1) is 11.8 Å². The van der Waals surface area contributed by atoms with Crippen molar-refractivity contribution in [1.29, 1.82) is 0 Å². The quantitative estimate of drug-likeness (QED) is 0.281. The molecule has 1 aromatic heterocycles. The Morgan fingerprint density at radius 1 is 0.667 bits per heavy atom. The molecule has 10 heteroatoms. The summed E-state index contributed by atoms with van der Waals surface area (Å²) in [6, 6.07) is 14.6. The van der Waals surface area contributed by atoms with Crippen LogP contribution < -0.4 is 4.74 Å². The van der Waals surface area contributed by atoms with Gasteiger partial charge in [0, 0.05) is 16.7 Å². The molecule has 2 aromatic carbocycles. The van der Waals surface area contributed by atoms with Crippen LogP contribution >= 0.6 is 69.6 Å². The van der Waals surface area contributed by atoms with Gasteiger partial charge in [0.05, 0.1) is 7.11 Å². The Morgan fingerprint density at radius 3 is 1.50 bits per heavy atom. The predicted octanol–water partition coefficient (Wildman–Crippen LogP) is 6.60. The standard InChI is InChI=1S/C20H11Cl6N3O/c1-30-15-10-6-13(7-11-15)3-2-12-4-8-14(9-5-12)16-27-17(19(21,22)23)29-18(28-16)20(24,25)26/h4-11H,1H3. The normalized spacial score (nSPS) is 11.6. The van der Waals surface area contributed by atoms with Crippen LogP contribution in [0.4, 0.5) is 0 Å². The minimum atomic E-state index is -1.91. The maximum atomic E-state index is 5.91. The summed E-state index contributed by atoms with van der Waals surface area (Å²) in [6.45, 7) is 0. The molecule has 0 saturated carbocycles. The van der Waals surface area contributed by atoms with E-state index in [4.69, 9.17) is 74.3 Å². The topological polar surface area (TPSA) is 47.9 Å². The van der Waals surface area contributed by atoms with E-state index in [0.717, 1.165) is 16.9 Å². The van der Waals surface area contributed by atoms with Crippen LogP contribution in [0.25, 0.3) is 11.4 Å². The van der Waals surface area contributed by atoms with Crippen LogP contribution in [-0.4, -0.2) is 22.1 Å². The summed E-state index contributed by atoms with van der Waals surface area (Å²) >= 11 is 35.4. The van der Waals surface area contributed by atoms with Crippen molar-refractivity contribution in [1.82, 2.24) is 15.0 Å². The lowest BCUT2D eigenvalue weighted by Gasteiger charge is -2.15. The van der Waals surface area contributed by atoms with E-state index in [1.807, 2.05) is 24.3 Å². The van der Waals surface area contributed by atoms with Crippen LogP contribution in [0.5, 0.6) is 5.75 Å². The molecule has 0 aliphatic heterocycles. The third-order valence-electron chi connectivity index (χ3n) is 3.73. The molecule has 1 heterocycles. The molecule has 30 heavy (non-hydrogen) atoms. The Morgan fingerprint density at radius 2 is 1.10 bits per heavy atom. The van der Waals surface area contributed by atoms with Gasteiger partial charge in [0.15, 0.2) is 17.5 Å². The highest BCUT2D eigenvalue weighted by atomic mass is 35.6. The molecule has 0 saturated heterocycles. The Bertz CT molecular complexity index is 1060. The second kappa shape index (κ2) is 9.36. The Kier molecular flexibility index (Phi) is 7.24. The van der Waals surface area contributed by atoms with E-state index in [1.54, 1.807) is 31.4 Å². The Hall–Kier alpha value is -1.45. The highest BCUT2D eigenvalue weighted by Gasteiger charge is 2.33. The largest absolute Gasteiger partial charge is 0.497 e. The number of hydrogen-bond donors (Lipinski definition) is 0. The first-order chi connectivity index (χ1) is 14.1. The van der Waals surface area contributed by atoms with E-state index in [2.05, 4.69) is 26.8 Å². The van der Waals surface area contributed by atoms with Gasteiger partial charge in [-0.05, 0) is 48.5 Å². The fraction of sp³-hybridized carbons (Fsp3) is 0.150. The maximum Gasteiger partial charge on any atom is 0.250 e. The van der Waals surface area contributed by atoms with E-state index < -0.39 is 7.59 Å². The van der Waals surface area contributed by atoms with Gasteiger partial charge in [-0.3, -0.25) is 0 Å². The zero-order valence-electron chi connectivity index (χ0n) is 15.1. The van der Waals surface area contributed by atoms with Crippen molar-refractivity contribution in [2.75, 3.05) is 7.11 Å². The van der Waals surface area contributed by atoms with E-state index in [-0.39, 0.29) is 17.5 Å². The molecule has 0 amide bonds. The molecule has 0 bridgehead atoms. The number of alkyl halides is 6. The lowest BCUT2D eigenvalue weighted by Crippen LogP contribution is -2.16. The first-order valence-corrected chi connectivity index (χ1v) is 10.5. The molecule has 3 rings (SSSR count). The minimum absolute atomic E-state index is 0.151. The van der Waals surface area contributed by atoms with E-state index >= 15 is 0 Å². The highest BCUT2D eigenvalue weighted by molar-refractivity contribution is 6.67. The molecule has 4 nitrogen and oxygen atoms in total. The van der Waals surface area contributed by atoms with Crippen LogP contribution in [-0.2, 0) is 7.59 Å². The number of hydrogen-bond acceptors (Lipinski definition) is 4. The van der Waals surface area contributed by atoms with Crippen molar-refractivity contribution in [3.63, 3.8) is 0 Å². The van der Waals surface area contributed by atoms with Gasteiger partial charge in [-0.15, -0.1) is 0 Å². The molecule has 0 radical (unpaired) electrons. The number of aromatic nitrogens is 3. The van der Waals surface area contributed by atoms with Crippen molar-refractivity contribution in [3.05, 3.63) is 71.3 Å². The van der Waals surface area contributed by atoms with Gasteiger partial charge in [-0.25, -0.2) is 15.0 Å². The summed E-state index contributed by atoms with van der Waals surface area (Å²) in [5.41, 5.74) is 2.25. The van der Waals surface area contributed by atoms with Gasteiger partial charge in [-0.1, -0.05) is 81.4 Å². The van der Waals surface area contributed by atoms with E-state index in [1.165, 1.54) is 0 Å². The highest BCUT2D eigenvalue weighted by Crippen LogP contribution is 2.40. The lowest BCUT2D eigenvalue weighted by atomic mass is 10.1. The van der Waals surface area contributed by atoms with Gasteiger partial charge < -0.3 is 4.74 Å². The summed E-state index contributed by atoms with van der Waals surface area (Å²) in [5, 5.41) is 0. The van der Waals surface area contributed by atoms with Crippen LogP contribution in [0.15, 0.2) is 48.5 Å². The van der Waals surface area contributed by atoms with Gasteiger partial charge in [0.1, 0.15) is 5.75 Å². The average Bonchev–Trinajstić information content (AvgIpc) is 2.71. The third kappa shape index (κ3) is 6.04. The molecule has 0 atom stereocenters. The van der Waals surface area contributed by atoms with Crippen molar-refractivity contribution in [3.8, 4) is 29.0 Å². The zero-order chi connectivity index (χ0) is 21.9. The van der Waals surface area contributed by atoms with Gasteiger partial charge in [-0.2, -0.15) is 0 Å². The van der Waals surface area contributed by atoms with Crippen molar-refractivity contribution >= 4 is 69.6 Å². The number of nitrogens with zero attached hydrogens (tertiary/aromatic N) is 3. The molecule has 0 aliphatic carbocycles. The first kappa shape index (κ1) is 23.2. The second-order valence-corrected chi connectivity index (χ2v) is 10.4. The van der Waals surface area contributed by atoms with Gasteiger partial charge in [0.25, 0.3) is 0 Å². The molecule has 0 aliphatic rings. The lowest BCUT2D eigenvalue weighted by molar-refractivity contribution is 0.415. The molecule has 0 N–H and O–H groups in total. The monoisotopic (exact) mass is 519 g/mol. The Balaban J connectivity index is 1.91. The fourth-order valence-electron chi connectivity index (χ4n) is 2.28. The molecule has 3 aromatic rings. The first-order valence-electron chi connectivity index (χ1n) is 8.23. The molecule has 154 valence electrons. The average molecular weight is 522 g/mol. The molecular formula is C20H11Cl6N3O. The third-order valence-corrected chi connectivity index (χ3v) is 4.74. The van der Waals surface area contributed by atoms with E-state index in [0.29, 0.717) is 5.56 Å². The predicted molar refractivity (Wildman–Crippen MR) is 123 cm³/mol. The number of ether oxygens (including phenoxy) is 1. The maximum absolute atomic E-state index is 5.91. The van der Waals surface area contributed by atoms with Crippen molar-refractivity contribution < 1.29 is 4.74 Å². The summed E-state index contributed by atoms with van der Waals surface area (Å²) in [7, 11) is 1.61. The molecule has 0 spiro atoms. The fourth-order valence-corrected chi connectivity index (χ4v) is 2.79. The van der Waals surface area contributed by atoms with Crippen LogP contribution in [0.3, 0.4) is 0 Å².